The third-order valence-electron chi connectivity index (χ3n) is 3.91. The average molecular weight is 260 g/mol. The Morgan fingerprint density at radius 3 is 2.84 bits per heavy atom. The number of carbonyl (C=O) groups excluding carboxylic acids is 1. The fraction of sp³-hybridized carbons (Fsp3) is 0.562. The van der Waals surface area contributed by atoms with Crippen LogP contribution in [-0.2, 0) is 11.2 Å². The highest BCUT2D eigenvalue weighted by Gasteiger charge is 2.19. The molecule has 0 bridgehead atoms. The molecule has 0 spiro atoms. The molecule has 1 fully saturated rings. The maximum atomic E-state index is 11.9. The highest BCUT2D eigenvalue weighted by molar-refractivity contribution is 5.81. The van der Waals surface area contributed by atoms with Crippen LogP contribution in [0, 0.1) is 13.8 Å². The summed E-state index contributed by atoms with van der Waals surface area (Å²) in [7, 11) is 0. The summed E-state index contributed by atoms with van der Waals surface area (Å²) in [4.78, 5) is 11.9. The Morgan fingerprint density at radius 2 is 2.16 bits per heavy atom. The summed E-state index contributed by atoms with van der Waals surface area (Å²) in [5, 5.41) is 6.31. The number of nitrogens with one attached hydrogen (secondary N) is 2. The lowest BCUT2D eigenvalue weighted by atomic mass is 10.0. The number of hydrogen-bond donors (Lipinski definition) is 2. The molecule has 1 unspecified atom stereocenters. The lowest BCUT2D eigenvalue weighted by Crippen LogP contribution is -2.47. The van der Waals surface area contributed by atoms with Gasteiger partial charge in [0.1, 0.15) is 0 Å². The minimum absolute atomic E-state index is 0.0218. The zero-order chi connectivity index (χ0) is 13.7. The van der Waals surface area contributed by atoms with E-state index in [1.807, 2.05) is 0 Å². The van der Waals surface area contributed by atoms with Crippen LogP contribution in [0.1, 0.15) is 36.0 Å². The number of hydrogen-bond acceptors (Lipinski definition) is 2. The Hall–Kier alpha value is -1.35. The molecule has 1 aromatic carbocycles. The Labute approximate surface area is 115 Å². The van der Waals surface area contributed by atoms with E-state index in [2.05, 4.69) is 42.7 Å². The van der Waals surface area contributed by atoms with Gasteiger partial charge < -0.3 is 10.6 Å². The van der Waals surface area contributed by atoms with Crippen LogP contribution in [0.4, 0.5) is 0 Å². The first kappa shape index (κ1) is 14.1. The molecule has 2 rings (SSSR count). The first-order chi connectivity index (χ1) is 9.16. The summed E-state index contributed by atoms with van der Waals surface area (Å²) in [5.41, 5.74) is 3.93. The summed E-state index contributed by atoms with van der Waals surface area (Å²) < 4.78 is 0. The van der Waals surface area contributed by atoms with E-state index in [1.165, 1.54) is 23.1 Å². The van der Waals surface area contributed by atoms with Crippen LogP contribution in [0.15, 0.2) is 18.2 Å². The third kappa shape index (κ3) is 4.06. The first-order valence-corrected chi connectivity index (χ1v) is 7.24. The van der Waals surface area contributed by atoms with Crippen LogP contribution in [0.5, 0.6) is 0 Å². The monoisotopic (exact) mass is 260 g/mol. The second kappa shape index (κ2) is 6.71. The zero-order valence-electron chi connectivity index (χ0n) is 12.0. The molecular weight excluding hydrogens is 236 g/mol. The van der Waals surface area contributed by atoms with Crippen molar-refractivity contribution in [1.29, 1.82) is 0 Å². The minimum atomic E-state index is 0.0218. The molecule has 1 saturated heterocycles. The quantitative estimate of drug-likeness (QED) is 0.870. The molecular formula is C16H24N2O. The molecule has 104 valence electrons. The summed E-state index contributed by atoms with van der Waals surface area (Å²) >= 11 is 0. The van der Waals surface area contributed by atoms with Crippen molar-refractivity contribution in [3.8, 4) is 0 Å². The lowest BCUT2D eigenvalue weighted by Gasteiger charge is -2.22. The van der Waals surface area contributed by atoms with Crippen molar-refractivity contribution in [2.75, 3.05) is 13.1 Å². The lowest BCUT2D eigenvalue weighted by molar-refractivity contribution is -0.123. The summed E-state index contributed by atoms with van der Waals surface area (Å²) in [5.74, 6) is 0.156. The molecule has 0 aromatic heterocycles. The van der Waals surface area contributed by atoms with Gasteiger partial charge in [0.15, 0.2) is 0 Å². The molecule has 0 aliphatic carbocycles. The molecule has 19 heavy (non-hydrogen) atoms. The molecule has 3 nitrogen and oxygen atoms in total. The number of rotatable bonds is 4. The van der Waals surface area contributed by atoms with Crippen LogP contribution in [0.25, 0.3) is 0 Å². The molecule has 1 amide bonds. The molecule has 1 atom stereocenters. The maximum Gasteiger partial charge on any atom is 0.237 e. The van der Waals surface area contributed by atoms with Crippen molar-refractivity contribution in [2.45, 2.75) is 45.6 Å². The van der Waals surface area contributed by atoms with Gasteiger partial charge in [0.25, 0.3) is 0 Å². The minimum Gasteiger partial charge on any atom is -0.354 e. The largest absolute Gasteiger partial charge is 0.354 e. The smallest absolute Gasteiger partial charge is 0.237 e. The van der Waals surface area contributed by atoms with Gasteiger partial charge in [-0.15, -0.1) is 0 Å². The fourth-order valence-electron chi connectivity index (χ4n) is 2.49. The van der Waals surface area contributed by atoms with E-state index in [1.54, 1.807) is 0 Å². The van der Waals surface area contributed by atoms with E-state index >= 15 is 0 Å². The Balaban J connectivity index is 1.76. The standard InChI is InChI=1S/C16H24N2O/c1-12-6-7-14(11-13(12)2)8-10-18-16(19)15-5-3-4-9-17-15/h6-7,11,15,17H,3-5,8-10H2,1-2H3,(H,18,19). The van der Waals surface area contributed by atoms with Gasteiger partial charge >= 0.3 is 0 Å². The third-order valence-corrected chi connectivity index (χ3v) is 3.91. The van der Waals surface area contributed by atoms with Gasteiger partial charge in [0.2, 0.25) is 5.91 Å². The topological polar surface area (TPSA) is 41.1 Å². The molecule has 1 heterocycles. The number of benzene rings is 1. The normalized spacial score (nSPS) is 19.2. The van der Waals surface area contributed by atoms with Gasteiger partial charge in [0, 0.05) is 6.54 Å². The number of amides is 1. The number of aryl methyl sites for hydroxylation is 2. The molecule has 1 aliphatic heterocycles. The fourth-order valence-corrected chi connectivity index (χ4v) is 2.49. The van der Waals surface area contributed by atoms with Crippen molar-refractivity contribution >= 4 is 5.91 Å². The zero-order valence-corrected chi connectivity index (χ0v) is 12.0. The molecule has 0 saturated carbocycles. The van der Waals surface area contributed by atoms with Crippen LogP contribution in [0.3, 0.4) is 0 Å². The van der Waals surface area contributed by atoms with Crippen molar-refractivity contribution in [3.05, 3.63) is 34.9 Å². The Bertz CT molecular complexity index is 436. The van der Waals surface area contributed by atoms with Crippen LogP contribution in [0.2, 0.25) is 0 Å². The second-order valence-electron chi connectivity index (χ2n) is 5.46. The molecule has 3 heteroatoms. The number of carbonyl (C=O) groups is 1. The summed E-state index contributed by atoms with van der Waals surface area (Å²) in [6, 6.07) is 6.52. The van der Waals surface area contributed by atoms with E-state index < -0.39 is 0 Å². The van der Waals surface area contributed by atoms with Gasteiger partial charge in [-0.2, -0.15) is 0 Å². The van der Waals surface area contributed by atoms with Crippen molar-refractivity contribution in [2.24, 2.45) is 0 Å². The molecule has 0 radical (unpaired) electrons. The van der Waals surface area contributed by atoms with Crippen molar-refractivity contribution in [1.82, 2.24) is 10.6 Å². The summed E-state index contributed by atoms with van der Waals surface area (Å²) in [6.45, 7) is 5.94. The van der Waals surface area contributed by atoms with E-state index in [0.29, 0.717) is 0 Å². The highest BCUT2D eigenvalue weighted by Crippen LogP contribution is 2.10. The van der Waals surface area contributed by atoms with E-state index in [9.17, 15) is 4.79 Å². The number of piperidine rings is 1. The van der Waals surface area contributed by atoms with E-state index in [0.717, 1.165) is 32.4 Å². The van der Waals surface area contributed by atoms with Gasteiger partial charge in [0.05, 0.1) is 6.04 Å². The predicted molar refractivity (Wildman–Crippen MR) is 78.3 cm³/mol. The van der Waals surface area contributed by atoms with Crippen LogP contribution >= 0.6 is 0 Å². The average Bonchev–Trinajstić information content (AvgIpc) is 2.43. The highest BCUT2D eigenvalue weighted by atomic mass is 16.2. The maximum absolute atomic E-state index is 11.9. The van der Waals surface area contributed by atoms with Crippen LogP contribution in [-0.4, -0.2) is 25.0 Å². The molecule has 1 aliphatic rings. The second-order valence-corrected chi connectivity index (χ2v) is 5.46. The predicted octanol–water partition coefficient (Wildman–Crippen LogP) is 2.10. The van der Waals surface area contributed by atoms with Gasteiger partial charge in [-0.25, -0.2) is 0 Å². The Morgan fingerprint density at radius 1 is 1.32 bits per heavy atom. The first-order valence-electron chi connectivity index (χ1n) is 7.24. The van der Waals surface area contributed by atoms with E-state index in [4.69, 9.17) is 0 Å². The van der Waals surface area contributed by atoms with Crippen LogP contribution < -0.4 is 10.6 Å². The SMILES string of the molecule is Cc1ccc(CCNC(=O)C2CCCCN2)cc1C. The van der Waals surface area contributed by atoms with Crippen molar-refractivity contribution in [3.63, 3.8) is 0 Å². The van der Waals surface area contributed by atoms with E-state index in [-0.39, 0.29) is 11.9 Å². The molecule has 1 aromatic rings. The molecule has 2 N–H and O–H groups in total. The van der Waals surface area contributed by atoms with Crippen molar-refractivity contribution < 1.29 is 4.79 Å². The van der Waals surface area contributed by atoms with Gasteiger partial charge in [-0.1, -0.05) is 24.6 Å². The Kier molecular flexibility index (Phi) is 4.97. The summed E-state index contributed by atoms with van der Waals surface area (Å²) in [6.07, 6.45) is 4.21. The van der Waals surface area contributed by atoms with Gasteiger partial charge in [-0.3, -0.25) is 4.79 Å². The van der Waals surface area contributed by atoms with Gasteiger partial charge in [-0.05, 0) is 56.3 Å².